The zero-order valence-corrected chi connectivity index (χ0v) is 16.6. The van der Waals surface area contributed by atoms with E-state index < -0.39 is 0 Å². The van der Waals surface area contributed by atoms with Gasteiger partial charge >= 0.3 is 0 Å². The molecular formula is C20H22N6S. The maximum atomic E-state index is 9.57. The molecule has 0 aliphatic carbocycles. The highest BCUT2D eigenvalue weighted by molar-refractivity contribution is 7.09. The molecule has 1 fully saturated rings. The first-order valence-electron chi connectivity index (χ1n) is 9.09. The lowest BCUT2D eigenvalue weighted by atomic mass is 9.96. The molecule has 6 nitrogen and oxygen atoms in total. The number of nitriles is 1. The van der Waals surface area contributed by atoms with E-state index in [1.54, 1.807) is 6.20 Å². The first-order chi connectivity index (χ1) is 13.0. The molecule has 2 aromatic heterocycles. The molecule has 138 valence electrons. The number of hydrogen-bond acceptors (Lipinski definition) is 7. The van der Waals surface area contributed by atoms with Crippen LogP contribution in [-0.2, 0) is 5.41 Å². The Bertz CT molecular complexity index is 1010. The Balaban J connectivity index is 1.57. The maximum absolute atomic E-state index is 9.57. The lowest BCUT2D eigenvalue weighted by Gasteiger charge is -2.36. The fraction of sp³-hybridized carbons (Fsp3) is 0.400. The van der Waals surface area contributed by atoms with E-state index >= 15 is 0 Å². The first kappa shape index (κ1) is 17.7. The SMILES string of the molecule is CC(C)(C)c1nsc(N2CCN(c3c(C#N)cnc4ccccc34)CC2)n1. The van der Waals surface area contributed by atoms with Crippen molar-refractivity contribution in [1.29, 1.82) is 5.26 Å². The van der Waals surface area contributed by atoms with Gasteiger partial charge in [-0.05, 0) is 6.07 Å². The molecule has 0 spiro atoms. The van der Waals surface area contributed by atoms with Gasteiger partial charge in [-0.2, -0.15) is 9.64 Å². The van der Waals surface area contributed by atoms with Crippen LogP contribution in [0.5, 0.6) is 0 Å². The van der Waals surface area contributed by atoms with Gasteiger partial charge in [-0.25, -0.2) is 4.98 Å². The minimum Gasteiger partial charge on any atom is -0.366 e. The lowest BCUT2D eigenvalue weighted by Crippen LogP contribution is -2.46. The van der Waals surface area contributed by atoms with Crippen LogP contribution >= 0.6 is 11.5 Å². The topological polar surface area (TPSA) is 68.9 Å². The minimum absolute atomic E-state index is 0.0335. The van der Waals surface area contributed by atoms with Crippen LogP contribution in [0.3, 0.4) is 0 Å². The Kier molecular flexibility index (Phi) is 4.44. The molecule has 1 aromatic carbocycles. The molecule has 0 amide bonds. The maximum Gasteiger partial charge on any atom is 0.205 e. The van der Waals surface area contributed by atoms with Crippen LogP contribution in [0.1, 0.15) is 32.2 Å². The number of hydrogen-bond donors (Lipinski definition) is 0. The third-order valence-electron chi connectivity index (χ3n) is 4.82. The van der Waals surface area contributed by atoms with Crippen molar-refractivity contribution in [2.75, 3.05) is 36.0 Å². The Labute approximate surface area is 163 Å². The Morgan fingerprint density at radius 1 is 1.07 bits per heavy atom. The average molecular weight is 379 g/mol. The standard InChI is InChI=1S/C20H22N6S/c1-20(2,3)18-23-19(27-24-18)26-10-8-25(9-11-26)17-14(12-21)13-22-16-7-5-4-6-15(16)17/h4-7,13H,8-11H2,1-3H3. The van der Waals surface area contributed by atoms with E-state index in [2.05, 4.69) is 46.0 Å². The molecule has 0 N–H and O–H groups in total. The van der Waals surface area contributed by atoms with Gasteiger partial charge in [-0.3, -0.25) is 4.98 Å². The molecule has 3 aromatic rings. The number of rotatable bonds is 2. The molecule has 0 bridgehead atoms. The quantitative estimate of drug-likeness (QED) is 0.679. The molecule has 0 radical (unpaired) electrons. The second-order valence-electron chi connectivity index (χ2n) is 7.77. The average Bonchev–Trinajstić information content (AvgIpc) is 3.18. The van der Waals surface area contributed by atoms with Crippen LogP contribution in [0.25, 0.3) is 10.9 Å². The van der Waals surface area contributed by atoms with Gasteiger partial charge in [0.1, 0.15) is 11.9 Å². The summed E-state index contributed by atoms with van der Waals surface area (Å²) in [5, 5.41) is 11.6. The van der Waals surface area contributed by atoms with E-state index in [0.29, 0.717) is 5.56 Å². The number of anilines is 2. The Morgan fingerprint density at radius 3 is 2.44 bits per heavy atom. The zero-order chi connectivity index (χ0) is 19.0. The van der Waals surface area contributed by atoms with Crippen LogP contribution in [0.4, 0.5) is 10.8 Å². The zero-order valence-electron chi connectivity index (χ0n) is 15.8. The summed E-state index contributed by atoms with van der Waals surface area (Å²) in [7, 11) is 0. The van der Waals surface area contributed by atoms with Gasteiger partial charge in [-0.1, -0.05) is 39.0 Å². The molecule has 0 atom stereocenters. The summed E-state index contributed by atoms with van der Waals surface area (Å²) in [5.41, 5.74) is 2.52. The second-order valence-corrected chi connectivity index (χ2v) is 8.50. The fourth-order valence-electron chi connectivity index (χ4n) is 3.32. The van der Waals surface area contributed by atoms with E-state index in [0.717, 1.165) is 53.7 Å². The smallest absolute Gasteiger partial charge is 0.205 e. The summed E-state index contributed by atoms with van der Waals surface area (Å²) in [5.74, 6) is 0.900. The number of fused-ring (bicyclic) bond motifs is 1. The summed E-state index contributed by atoms with van der Waals surface area (Å²) < 4.78 is 4.53. The van der Waals surface area contributed by atoms with Gasteiger partial charge in [0.2, 0.25) is 5.13 Å². The summed E-state index contributed by atoms with van der Waals surface area (Å²) in [4.78, 5) is 13.7. The van der Waals surface area contributed by atoms with Crippen LogP contribution in [0.2, 0.25) is 0 Å². The Hall–Kier alpha value is -2.72. The number of aromatic nitrogens is 3. The van der Waals surface area contributed by atoms with Crippen molar-refractivity contribution in [3.05, 3.63) is 41.9 Å². The van der Waals surface area contributed by atoms with E-state index in [-0.39, 0.29) is 5.41 Å². The van der Waals surface area contributed by atoms with Crippen molar-refractivity contribution in [2.24, 2.45) is 0 Å². The van der Waals surface area contributed by atoms with Crippen molar-refractivity contribution in [1.82, 2.24) is 14.3 Å². The molecule has 4 rings (SSSR count). The number of nitrogens with zero attached hydrogens (tertiary/aromatic N) is 6. The van der Waals surface area contributed by atoms with Crippen LogP contribution in [0, 0.1) is 11.3 Å². The first-order valence-corrected chi connectivity index (χ1v) is 9.86. The number of piperazine rings is 1. The van der Waals surface area contributed by atoms with Gasteiger partial charge < -0.3 is 9.80 Å². The van der Waals surface area contributed by atoms with Gasteiger partial charge in [0.15, 0.2) is 0 Å². The van der Waals surface area contributed by atoms with Crippen molar-refractivity contribution in [3.63, 3.8) is 0 Å². The molecular weight excluding hydrogens is 356 g/mol. The van der Waals surface area contributed by atoms with Crippen molar-refractivity contribution in [2.45, 2.75) is 26.2 Å². The van der Waals surface area contributed by atoms with Gasteiger partial charge in [0.25, 0.3) is 0 Å². The van der Waals surface area contributed by atoms with E-state index in [1.807, 2.05) is 24.3 Å². The summed E-state index contributed by atoms with van der Waals surface area (Å²) in [6.45, 7) is 9.80. The summed E-state index contributed by atoms with van der Waals surface area (Å²) in [6, 6.07) is 10.3. The van der Waals surface area contributed by atoms with E-state index in [9.17, 15) is 5.26 Å². The summed E-state index contributed by atoms with van der Waals surface area (Å²) >= 11 is 1.47. The highest BCUT2D eigenvalue weighted by Gasteiger charge is 2.25. The molecule has 27 heavy (non-hydrogen) atoms. The normalized spacial score (nSPS) is 15.2. The summed E-state index contributed by atoms with van der Waals surface area (Å²) in [6.07, 6.45) is 1.68. The second kappa shape index (κ2) is 6.78. The Morgan fingerprint density at radius 2 is 1.78 bits per heavy atom. The molecule has 3 heterocycles. The highest BCUT2D eigenvalue weighted by atomic mass is 32.1. The third-order valence-corrected chi connectivity index (χ3v) is 5.60. The molecule has 0 saturated carbocycles. The van der Waals surface area contributed by atoms with Crippen LogP contribution in [-0.4, -0.2) is 40.5 Å². The molecule has 1 aliphatic heterocycles. The van der Waals surface area contributed by atoms with Crippen LogP contribution < -0.4 is 9.80 Å². The number of pyridine rings is 1. The number of para-hydroxylation sites is 1. The van der Waals surface area contributed by atoms with E-state index in [1.165, 1.54) is 11.5 Å². The minimum atomic E-state index is -0.0335. The molecule has 1 aliphatic rings. The monoisotopic (exact) mass is 378 g/mol. The predicted octanol–water partition coefficient (Wildman–Crippen LogP) is 3.58. The molecule has 1 saturated heterocycles. The highest BCUT2D eigenvalue weighted by Crippen LogP contribution is 2.31. The van der Waals surface area contributed by atoms with Gasteiger partial charge in [-0.15, -0.1) is 0 Å². The number of benzene rings is 1. The molecule has 0 unspecified atom stereocenters. The van der Waals surface area contributed by atoms with Crippen LogP contribution in [0.15, 0.2) is 30.5 Å². The predicted molar refractivity (Wildman–Crippen MR) is 109 cm³/mol. The lowest BCUT2D eigenvalue weighted by molar-refractivity contribution is 0.553. The van der Waals surface area contributed by atoms with Gasteiger partial charge in [0, 0.05) is 54.7 Å². The molecule has 7 heteroatoms. The fourth-order valence-corrected chi connectivity index (χ4v) is 4.23. The third kappa shape index (κ3) is 3.33. The van der Waals surface area contributed by atoms with Crippen molar-refractivity contribution in [3.8, 4) is 6.07 Å². The largest absolute Gasteiger partial charge is 0.366 e. The van der Waals surface area contributed by atoms with Crippen molar-refractivity contribution >= 4 is 33.3 Å². The van der Waals surface area contributed by atoms with Gasteiger partial charge in [0.05, 0.1) is 16.8 Å². The van der Waals surface area contributed by atoms with E-state index in [4.69, 9.17) is 4.98 Å². The van der Waals surface area contributed by atoms with Crippen molar-refractivity contribution < 1.29 is 0 Å².